The first kappa shape index (κ1) is 65.2. The van der Waals surface area contributed by atoms with E-state index in [2.05, 4.69) is 41.4 Å². The first-order valence-electron chi connectivity index (χ1n) is 29.3. The average Bonchev–Trinajstić information content (AvgIpc) is 1.25. The van der Waals surface area contributed by atoms with E-state index in [0.717, 1.165) is 39.1 Å². The fourth-order valence-corrected chi connectivity index (χ4v) is 11.6. The van der Waals surface area contributed by atoms with Crippen molar-refractivity contribution in [1.29, 1.82) is 0 Å². The van der Waals surface area contributed by atoms with E-state index in [1.807, 2.05) is 49.3 Å². The van der Waals surface area contributed by atoms with Gasteiger partial charge >= 0.3 is 5.97 Å². The van der Waals surface area contributed by atoms with E-state index >= 15 is 8.78 Å². The second-order valence-corrected chi connectivity index (χ2v) is 22.5. The van der Waals surface area contributed by atoms with Crippen LogP contribution >= 0.6 is 23.2 Å². The number of hydrogen-bond acceptors (Lipinski definition) is 16. The minimum Gasteiger partial charge on any atom is -0.462 e. The number of esters is 1. The van der Waals surface area contributed by atoms with Crippen molar-refractivity contribution in [3.05, 3.63) is 235 Å². The maximum atomic E-state index is 15.3. The molecule has 0 spiro atoms. The standard InChI is InChI=1S/C37H31ClFN7O5.C31H28ClFN6O3/c1-3-51-37(50)23-9-7-22(8-10-23)19-32(47)35-27-6-4-5-25(24-11-14-30(41-20-24)36(49)40-2)26(27)17-18-45(35)33(48)16-12-28-31(46-21-42-43-44-46)15-13-29(38)34(28)39;1-19(40)21-9-7-20(8-10-21)17-28(41)31-23-5-4-6-26(37(2)3)22(23)15-16-38(31)29(42)14-11-24-27(39-18-34-35-36-39)13-12-25(32)30(24)33/h4-16,20-21,35H,3,17-19H2,1-2H3,(H,40,49);4-14,18,31H,15-17H2,1-3H3/b16-12+;14-11+. The van der Waals surface area contributed by atoms with Crippen LogP contribution in [0, 0.1) is 11.6 Å². The molecule has 21 nitrogen and oxygen atoms in total. The molecule has 1 N–H and O–H groups in total. The summed E-state index contributed by atoms with van der Waals surface area (Å²) in [6, 6.07) is 32.1. The predicted octanol–water partition coefficient (Wildman–Crippen LogP) is 9.68. The van der Waals surface area contributed by atoms with Gasteiger partial charge in [-0.1, -0.05) is 96.0 Å². The number of nitrogens with zero attached hydrogens (tertiary/aromatic N) is 12. The van der Waals surface area contributed by atoms with Gasteiger partial charge in [0.25, 0.3) is 5.91 Å². The van der Waals surface area contributed by atoms with Crippen LogP contribution in [0.3, 0.4) is 0 Å². The van der Waals surface area contributed by atoms with Crippen LogP contribution in [0.25, 0.3) is 34.7 Å². The molecule has 3 amide bonds. The van der Waals surface area contributed by atoms with Gasteiger partial charge in [0.15, 0.2) is 29.0 Å². The Labute approximate surface area is 542 Å². The van der Waals surface area contributed by atoms with Gasteiger partial charge in [-0.2, -0.15) is 9.36 Å². The van der Waals surface area contributed by atoms with Crippen LogP contribution in [0.5, 0.6) is 0 Å². The maximum absolute atomic E-state index is 15.3. The van der Waals surface area contributed by atoms with E-state index in [9.17, 15) is 33.6 Å². The molecule has 3 aromatic heterocycles. The number of rotatable bonds is 18. The van der Waals surface area contributed by atoms with Gasteiger partial charge in [0.1, 0.15) is 30.4 Å². The molecule has 0 radical (unpaired) electrons. The van der Waals surface area contributed by atoms with Crippen LogP contribution in [-0.4, -0.2) is 137 Å². The number of aromatic nitrogens is 9. The monoisotopic (exact) mass is 1290 g/mol. The zero-order chi connectivity index (χ0) is 66.0. The summed E-state index contributed by atoms with van der Waals surface area (Å²) in [5.41, 5.74) is 8.90. The molecular formula is C68H59Cl2F2N13O8. The highest BCUT2D eigenvalue weighted by Gasteiger charge is 2.38. The molecule has 0 bridgehead atoms. The fraction of sp³-hybridized carbons (Fsp3) is 0.206. The lowest BCUT2D eigenvalue weighted by atomic mass is 9.84. The zero-order valence-electron chi connectivity index (χ0n) is 50.8. The lowest BCUT2D eigenvalue weighted by Gasteiger charge is -2.37. The quantitative estimate of drug-likeness (QED) is 0.0477. The number of tetrazole rings is 2. The lowest BCUT2D eigenvalue weighted by Crippen LogP contribution is -2.43. The molecule has 472 valence electrons. The van der Waals surface area contributed by atoms with Crippen LogP contribution < -0.4 is 10.2 Å². The molecule has 2 unspecified atom stereocenters. The van der Waals surface area contributed by atoms with Crippen molar-refractivity contribution in [3.63, 3.8) is 0 Å². The van der Waals surface area contributed by atoms with Gasteiger partial charge in [-0.15, -0.1) is 10.2 Å². The normalized spacial score (nSPS) is 14.2. The number of carbonyl (C=O) groups is 7. The number of halogens is 4. The highest BCUT2D eigenvalue weighted by atomic mass is 35.5. The van der Waals surface area contributed by atoms with Gasteiger partial charge in [-0.3, -0.25) is 33.8 Å². The van der Waals surface area contributed by atoms with E-state index in [4.69, 9.17) is 27.9 Å². The summed E-state index contributed by atoms with van der Waals surface area (Å²) in [5, 5.41) is 24.3. The summed E-state index contributed by atoms with van der Waals surface area (Å²) in [7, 11) is 5.40. The highest BCUT2D eigenvalue weighted by molar-refractivity contribution is 6.31. The fourth-order valence-electron chi connectivity index (χ4n) is 11.3. The Bertz CT molecular complexity index is 4380. The van der Waals surface area contributed by atoms with E-state index in [-0.39, 0.29) is 81.8 Å². The van der Waals surface area contributed by atoms with Crippen molar-refractivity contribution >= 4 is 82.1 Å². The topological polar surface area (TPSA) is 251 Å². The molecule has 6 aromatic carbocycles. The molecule has 93 heavy (non-hydrogen) atoms. The van der Waals surface area contributed by atoms with Crippen molar-refractivity contribution in [2.75, 3.05) is 45.7 Å². The molecule has 2 atom stereocenters. The third kappa shape index (κ3) is 14.4. The van der Waals surface area contributed by atoms with Crippen molar-refractivity contribution in [3.8, 4) is 22.5 Å². The van der Waals surface area contributed by atoms with Crippen LogP contribution in [0.15, 0.2) is 152 Å². The van der Waals surface area contributed by atoms with Gasteiger partial charge in [-0.25, -0.2) is 13.6 Å². The van der Waals surface area contributed by atoms with Crippen molar-refractivity contribution < 1.29 is 47.1 Å². The van der Waals surface area contributed by atoms with Gasteiger partial charge in [-0.05, 0) is 147 Å². The van der Waals surface area contributed by atoms with Gasteiger partial charge < -0.3 is 24.8 Å². The Balaban J connectivity index is 0.000000207. The number of amides is 3. The van der Waals surface area contributed by atoms with Gasteiger partial charge in [0, 0.05) is 93.4 Å². The number of nitrogens with one attached hydrogen (secondary N) is 1. The summed E-state index contributed by atoms with van der Waals surface area (Å²) < 4.78 is 38.0. The number of ketones is 3. The Morgan fingerprint density at radius 2 is 1.15 bits per heavy atom. The number of ether oxygens (including phenoxy) is 1. The number of carbonyl (C=O) groups excluding carboxylic acids is 7. The first-order valence-corrected chi connectivity index (χ1v) is 30.0. The Morgan fingerprint density at radius 3 is 1.61 bits per heavy atom. The van der Waals surface area contributed by atoms with Crippen LogP contribution in [0.4, 0.5) is 14.5 Å². The molecule has 0 saturated heterocycles. The van der Waals surface area contributed by atoms with Crippen LogP contribution in [-0.2, 0) is 49.6 Å². The number of benzene rings is 6. The zero-order valence-corrected chi connectivity index (χ0v) is 52.3. The summed E-state index contributed by atoms with van der Waals surface area (Å²) >= 11 is 12.1. The third-order valence-corrected chi connectivity index (χ3v) is 16.4. The SMILES string of the molecule is CC(=O)c1ccc(CC(=O)C2c3cccc(N(C)C)c3CCN2C(=O)/C=C/c2c(-n3cnnn3)ccc(Cl)c2F)cc1.CCOC(=O)c1ccc(CC(=O)C2c3cccc(-c4ccc(C(=O)NC)nc4)c3CCN2C(=O)/C=C/c2c(-n3cnnn3)ccc(Cl)c2F)cc1. The summed E-state index contributed by atoms with van der Waals surface area (Å²) in [6.07, 6.45) is 10.2. The molecule has 11 rings (SSSR count). The number of fused-ring (bicyclic) bond motifs is 2. The van der Waals surface area contributed by atoms with E-state index in [1.165, 1.54) is 88.3 Å². The number of pyridine rings is 1. The van der Waals surface area contributed by atoms with Crippen LogP contribution in [0.1, 0.15) is 102 Å². The molecule has 9 aromatic rings. The van der Waals surface area contributed by atoms with Crippen molar-refractivity contribution in [2.45, 2.75) is 51.6 Å². The predicted molar refractivity (Wildman–Crippen MR) is 343 cm³/mol. The molecule has 25 heteroatoms. The molecule has 2 aliphatic rings. The lowest BCUT2D eigenvalue weighted by molar-refractivity contribution is -0.136. The van der Waals surface area contributed by atoms with E-state index in [0.29, 0.717) is 47.3 Å². The first-order chi connectivity index (χ1) is 44.8. The number of hydrogen-bond donors (Lipinski definition) is 1. The third-order valence-electron chi connectivity index (χ3n) is 15.8. The highest BCUT2D eigenvalue weighted by Crippen LogP contribution is 2.40. The summed E-state index contributed by atoms with van der Waals surface area (Å²) in [6.45, 7) is 3.90. The van der Waals surface area contributed by atoms with E-state index < -0.39 is 41.5 Å². The second-order valence-electron chi connectivity index (χ2n) is 21.7. The molecule has 2 aliphatic heterocycles. The van der Waals surface area contributed by atoms with Gasteiger partial charge in [0.2, 0.25) is 11.8 Å². The molecule has 0 fully saturated rings. The van der Waals surface area contributed by atoms with E-state index in [1.54, 1.807) is 85.9 Å². The smallest absolute Gasteiger partial charge is 0.338 e. The average molecular weight is 1300 g/mol. The molecule has 0 saturated carbocycles. The molecular weight excluding hydrogens is 1240 g/mol. The maximum Gasteiger partial charge on any atom is 0.338 e. The largest absolute Gasteiger partial charge is 0.462 e. The Hall–Kier alpha value is -10.8. The second kappa shape index (κ2) is 29.0. The van der Waals surface area contributed by atoms with Crippen molar-refractivity contribution in [1.82, 2.24) is 60.5 Å². The van der Waals surface area contributed by atoms with Crippen LogP contribution in [0.2, 0.25) is 10.0 Å². The Kier molecular flexibility index (Phi) is 20.3. The van der Waals surface area contributed by atoms with Crippen molar-refractivity contribution in [2.24, 2.45) is 0 Å². The summed E-state index contributed by atoms with van der Waals surface area (Å²) in [5.74, 6) is -3.76. The minimum atomic E-state index is -1.00. The molecule has 5 heterocycles. The minimum absolute atomic E-state index is 0.0138. The van der Waals surface area contributed by atoms with Gasteiger partial charge in [0.05, 0.1) is 33.6 Å². The number of anilines is 1. The summed E-state index contributed by atoms with van der Waals surface area (Å²) in [4.78, 5) is 101. The number of Topliss-reactive ketones (excluding diaryl/α,β-unsaturated/α-hetero) is 3. The Morgan fingerprint density at radius 1 is 0.645 bits per heavy atom. The molecule has 0 aliphatic carbocycles.